The van der Waals surface area contributed by atoms with E-state index in [9.17, 15) is 0 Å². The Morgan fingerprint density at radius 2 is 0.660 bits per heavy atom. The van der Waals surface area contributed by atoms with E-state index < -0.39 is 0 Å². The molecular weight excluding hydrogens is 609 g/mol. The average molecular weight is 637 g/mol. The van der Waals surface area contributed by atoms with Gasteiger partial charge in [0.25, 0.3) is 0 Å². The Balaban J connectivity index is 1.04. The fourth-order valence-corrected chi connectivity index (χ4v) is 8.11. The largest absolute Gasteiger partial charge is 0.456 e. The number of furan rings is 2. The van der Waals surface area contributed by atoms with Gasteiger partial charge in [-0.1, -0.05) is 127 Å². The summed E-state index contributed by atoms with van der Waals surface area (Å²) in [6, 6.07) is 61.0. The summed E-state index contributed by atoms with van der Waals surface area (Å²) in [5.74, 6) is 0. The van der Waals surface area contributed by atoms with Crippen LogP contribution >= 0.6 is 0 Å². The summed E-state index contributed by atoms with van der Waals surface area (Å²) in [5.41, 5.74) is 10.9. The van der Waals surface area contributed by atoms with Crippen LogP contribution in [0.3, 0.4) is 0 Å². The topological polar surface area (TPSA) is 26.3 Å². The molecule has 0 aliphatic rings. The third kappa shape index (κ3) is 4.03. The van der Waals surface area contributed by atoms with Gasteiger partial charge in [0, 0.05) is 21.5 Å². The van der Waals surface area contributed by atoms with Crippen LogP contribution in [-0.4, -0.2) is 0 Å². The third-order valence-electron chi connectivity index (χ3n) is 10.4. The lowest BCUT2D eigenvalue weighted by atomic mass is 9.86. The Hall–Kier alpha value is -6.64. The molecule has 0 fully saturated rings. The van der Waals surface area contributed by atoms with Gasteiger partial charge in [-0.3, -0.25) is 0 Å². The number of hydrogen-bond acceptors (Lipinski definition) is 2. The molecule has 0 atom stereocenters. The molecule has 0 radical (unpaired) electrons. The van der Waals surface area contributed by atoms with Crippen molar-refractivity contribution in [3.8, 4) is 33.4 Å². The van der Waals surface area contributed by atoms with E-state index in [4.69, 9.17) is 8.83 Å². The SMILES string of the molecule is c1ccc(-c2c3ccccc3c(-c3ccc(-c4ccc5oc6cc7cc8c(cc7cc6c5c4)oc4ccccc48)cc3)c3ccccc23)cc1. The van der Waals surface area contributed by atoms with Crippen molar-refractivity contribution in [2.75, 3.05) is 0 Å². The smallest absolute Gasteiger partial charge is 0.136 e. The summed E-state index contributed by atoms with van der Waals surface area (Å²) in [5, 5.41) is 11.8. The first-order valence-corrected chi connectivity index (χ1v) is 17.1. The quantitative estimate of drug-likeness (QED) is 0.180. The van der Waals surface area contributed by atoms with Gasteiger partial charge in [0.2, 0.25) is 0 Å². The Labute approximate surface area is 287 Å². The summed E-state index contributed by atoms with van der Waals surface area (Å²) in [6.07, 6.45) is 0. The lowest BCUT2D eigenvalue weighted by molar-refractivity contribution is 0.668. The molecule has 0 spiro atoms. The van der Waals surface area contributed by atoms with Gasteiger partial charge >= 0.3 is 0 Å². The van der Waals surface area contributed by atoms with Crippen molar-refractivity contribution in [2.24, 2.45) is 0 Å². The van der Waals surface area contributed by atoms with Crippen LogP contribution in [0.1, 0.15) is 0 Å². The van der Waals surface area contributed by atoms with Crippen molar-refractivity contribution in [3.05, 3.63) is 170 Å². The highest BCUT2D eigenvalue weighted by atomic mass is 16.3. The van der Waals surface area contributed by atoms with Crippen LogP contribution < -0.4 is 0 Å². The molecule has 0 bridgehead atoms. The van der Waals surface area contributed by atoms with Crippen LogP contribution in [0.5, 0.6) is 0 Å². The summed E-state index contributed by atoms with van der Waals surface area (Å²) >= 11 is 0. The van der Waals surface area contributed by atoms with E-state index in [2.05, 4.69) is 158 Å². The molecule has 9 aromatic carbocycles. The number of para-hydroxylation sites is 1. The minimum absolute atomic E-state index is 0.890. The average Bonchev–Trinajstić information content (AvgIpc) is 3.72. The van der Waals surface area contributed by atoms with Crippen LogP contribution in [0.25, 0.3) is 110 Å². The predicted molar refractivity (Wildman–Crippen MR) is 210 cm³/mol. The maximum atomic E-state index is 6.41. The van der Waals surface area contributed by atoms with E-state index in [1.54, 1.807) is 0 Å². The fraction of sp³-hybridized carbons (Fsp3) is 0. The fourth-order valence-electron chi connectivity index (χ4n) is 8.11. The Morgan fingerprint density at radius 3 is 1.26 bits per heavy atom. The highest BCUT2D eigenvalue weighted by Crippen LogP contribution is 2.44. The Bertz CT molecular complexity index is 3070. The Morgan fingerprint density at radius 1 is 0.240 bits per heavy atom. The van der Waals surface area contributed by atoms with Gasteiger partial charge in [-0.15, -0.1) is 0 Å². The second-order valence-corrected chi connectivity index (χ2v) is 13.2. The van der Waals surface area contributed by atoms with E-state index in [0.717, 1.165) is 60.2 Å². The zero-order valence-corrected chi connectivity index (χ0v) is 27.0. The molecule has 0 aliphatic carbocycles. The summed E-state index contributed by atoms with van der Waals surface area (Å²) in [4.78, 5) is 0. The van der Waals surface area contributed by atoms with Gasteiger partial charge in [-0.2, -0.15) is 0 Å². The summed E-state index contributed by atoms with van der Waals surface area (Å²) in [6.45, 7) is 0. The maximum absolute atomic E-state index is 6.41. The molecule has 0 unspecified atom stereocenters. The van der Waals surface area contributed by atoms with Crippen LogP contribution in [-0.2, 0) is 0 Å². The van der Waals surface area contributed by atoms with Gasteiger partial charge in [0.1, 0.15) is 22.3 Å². The molecule has 11 aromatic rings. The second kappa shape index (κ2) is 10.4. The standard InChI is InChI=1S/C48H28O2/c1-2-10-30(11-3-1)47-36-13-4-6-15-38(36)48(39-16-7-5-14-37(39)47)31-20-18-29(19-21-31)32-22-23-44-41(24-32)42-26-34-27-45-40(25-33(34)28-46(42)50-44)35-12-8-9-17-43(35)49-45/h1-28H. The van der Waals surface area contributed by atoms with E-state index in [-0.39, 0.29) is 0 Å². The number of hydrogen-bond donors (Lipinski definition) is 0. The summed E-state index contributed by atoms with van der Waals surface area (Å²) in [7, 11) is 0. The molecule has 2 nitrogen and oxygen atoms in total. The van der Waals surface area contributed by atoms with Crippen LogP contribution in [0.15, 0.2) is 179 Å². The van der Waals surface area contributed by atoms with Gasteiger partial charge in [-0.25, -0.2) is 0 Å². The molecular formula is C48H28O2. The van der Waals surface area contributed by atoms with Gasteiger partial charge < -0.3 is 8.83 Å². The monoisotopic (exact) mass is 636 g/mol. The van der Waals surface area contributed by atoms with E-state index in [1.807, 2.05) is 12.1 Å². The zero-order valence-electron chi connectivity index (χ0n) is 27.0. The molecule has 2 aromatic heterocycles. The van der Waals surface area contributed by atoms with Crippen molar-refractivity contribution in [1.29, 1.82) is 0 Å². The van der Waals surface area contributed by atoms with Gasteiger partial charge in [0.15, 0.2) is 0 Å². The zero-order chi connectivity index (χ0) is 32.8. The lowest BCUT2D eigenvalue weighted by Gasteiger charge is -2.18. The van der Waals surface area contributed by atoms with Crippen molar-refractivity contribution >= 4 is 76.2 Å². The first kappa shape index (κ1) is 27.3. The van der Waals surface area contributed by atoms with Crippen molar-refractivity contribution in [1.82, 2.24) is 0 Å². The molecule has 2 heterocycles. The Kier molecular flexibility index (Phi) is 5.70. The normalized spacial score (nSPS) is 12.0. The third-order valence-corrected chi connectivity index (χ3v) is 10.4. The highest BCUT2D eigenvalue weighted by Gasteiger charge is 2.17. The molecule has 50 heavy (non-hydrogen) atoms. The van der Waals surface area contributed by atoms with Crippen molar-refractivity contribution in [2.45, 2.75) is 0 Å². The first-order chi connectivity index (χ1) is 24.8. The van der Waals surface area contributed by atoms with Gasteiger partial charge in [-0.05, 0) is 108 Å². The number of rotatable bonds is 3. The van der Waals surface area contributed by atoms with Gasteiger partial charge in [0.05, 0.1) is 0 Å². The van der Waals surface area contributed by atoms with E-state index in [0.29, 0.717) is 0 Å². The van der Waals surface area contributed by atoms with E-state index in [1.165, 1.54) is 49.4 Å². The lowest BCUT2D eigenvalue weighted by Crippen LogP contribution is -1.90. The molecule has 0 saturated carbocycles. The number of benzene rings is 9. The van der Waals surface area contributed by atoms with Crippen molar-refractivity contribution < 1.29 is 8.83 Å². The molecule has 2 heteroatoms. The highest BCUT2D eigenvalue weighted by molar-refractivity contribution is 6.21. The molecule has 0 N–H and O–H groups in total. The maximum Gasteiger partial charge on any atom is 0.136 e. The molecule has 0 saturated heterocycles. The minimum atomic E-state index is 0.890. The second-order valence-electron chi connectivity index (χ2n) is 13.2. The minimum Gasteiger partial charge on any atom is -0.456 e. The first-order valence-electron chi connectivity index (χ1n) is 17.1. The van der Waals surface area contributed by atoms with E-state index >= 15 is 0 Å². The molecule has 11 rings (SSSR count). The number of fused-ring (bicyclic) bond motifs is 9. The van der Waals surface area contributed by atoms with Crippen LogP contribution in [0.2, 0.25) is 0 Å². The van der Waals surface area contributed by atoms with Crippen LogP contribution in [0.4, 0.5) is 0 Å². The molecule has 0 aliphatic heterocycles. The van der Waals surface area contributed by atoms with Crippen molar-refractivity contribution in [3.63, 3.8) is 0 Å². The molecule has 0 amide bonds. The molecule has 232 valence electrons. The van der Waals surface area contributed by atoms with Crippen LogP contribution in [0, 0.1) is 0 Å². The predicted octanol–water partition coefficient (Wildman–Crippen LogP) is 13.9. The summed E-state index contributed by atoms with van der Waals surface area (Å²) < 4.78 is 12.6.